The molecule has 0 aromatic heterocycles. The summed E-state index contributed by atoms with van der Waals surface area (Å²) in [4.78, 5) is 15.8. The van der Waals surface area contributed by atoms with Crippen molar-refractivity contribution >= 4 is 5.78 Å². The first-order chi connectivity index (χ1) is 16.2. The first kappa shape index (κ1) is 24.7. The molecule has 0 spiro atoms. The molecule has 2 aliphatic heterocycles. The monoisotopic (exact) mass is 464 g/mol. The fraction of sp³-hybridized carbons (Fsp3) is 0.552. The number of rotatable bonds is 7. The molecule has 1 saturated heterocycles. The van der Waals surface area contributed by atoms with Crippen molar-refractivity contribution in [1.82, 2.24) is 10.2 Å². The highest BCUT2D eigenvalue weighted by molar-refractivity contribution is 5.85. The third-order valence-corrected chi connectivity index (χ3v) is 8.51. The van der Waals surface area contributed by atoms with Gasteiger partial charge in [-0.1, -0.05) is 45.9 Å². The van der Waals surface area contributed by atoms with E-state index in [-0.39, 0.29) is 17.2 Å². The van der Waals surface area contributed by atoms with Crippen LogP contribution in [0, 0.1) is 17.8 Å². The van der Waals surface area contributed by atoms with Gasteiger partial charge < -0.3 is 20.4 Å². The van der Waals surface area contributed by atoms with E-state index in [0.29, 0.717) is 48.7 Å². The fourth-order valence-corrected chi connectivity index (χ4v) is 5.74. The van der Waals surface area contributed by atoms with Gasteiger partial charge in [0.15, 0.2) is 0 Å². The summed E-state index contributed by atoms with van der Waals surface area (Å²) in [6, 6.07) is 13.0. The molecule has 0 saturated carbocycles. The van der Waals surface area contributed by atoms with Crippen LogP contribution in [0.3, 0.4) is 0 Å². The second kappa shape index (κ2) is 10.1. The van der Waals surface area contributed by atoms with E-state index in [2.05, 4.69) is 44.0 Å². The van der Waals surface area contributed by atoms with Gasteiger partial charge >= 0.3 is 0 Å². The Bertz CT molecular complexity index is 1020. The molecule has 5 heteroatoms. The molecule has 2 aromatic rings. The van der Waals surface area contributed by atoms with Crippen LogP contribution in [0.2, 0.25) is 0 Å². The maximum absolute atomic E-state index is 13.3. The molecule has 3 N–H and O–H groups in total. The van der Waals surface area contributed by atoms with E-state index in [0.717, 1.165) is 37.2 Å². The van der Waals surface area contributed by atoms with Crippen molar-refractivity contribution in [3.63, 3.8) is 0 Å². The Morgan fingerprint density at radius 3 is 2.62 bits per heavy atom. The molecule has 5 nitrogen and oxygen atoms in total. The first-order valence-corrected chi connectivity index (χ1v) is 12.7. The summed E-state index contributed by atoms with van der Waals surface area (Å²) in [6.45, 7) is 12.7. The Morgan fingerprint density at radius 1 is 1.15 bits per heavy atom. The average molecular weight is 465 g/mol. The Labute approximate surface area is 204 Å². The zero-order valence-corrected chi connectivity index (χ0v) is 21.1. The summed E-state index contributed by atoms with van der Waals surface area (Å²) in [5.41, 5.74) is 3.51. The molecular weight excluding hydrogens is 424 g/mol. The SMILES string of the molecule is CC(C)[C@H](CC(=O)C1Cc2ccc(O)cc2CN1)CN1CC[C@@](C)(c2cccc(O)c2)[C@@H](C)C1. The van der Waals surface area contributed by atoms with Crippen LogP contribution in [0.25, 0.3) is 0 Å². The summed E-state index contributed by atoms with van der Waals surface area (Å²) in [5.74, 6) is 2.13. The predicted molar refractivity (Wildman–Crippen MR) is 136 cm³/mol. The number of aromatic hydroxyl groups is 2. The van der Waals surface area contributed by atoms with Gasteiger partial charge in [0.2, 0.25) is 0 Å². The number of nitrogens with one attached hydrogen (secondary N) is 1. The van der Waals surface area contributed by atoms with E-state index >= 15 is 0 Å². The number of piperidine rings is 1. The third-order valence-electron chi connectivity index (χ3n) is 8.51. The van der Waals surface area contributed by atoms with Gasteiger partial charge in [0.1, 0.15) is 17.3 Å². The second-order valence-electron chi connectivity index (χ2n) is 11.1. The lowest BCUT2D eigenvalue weighted by atomic mass is 9.68. The lowest BCUT2D eigenvalue weighted by Crippen LogP contribution is -2.49. The minimum absolute atomic E-state index is 0.0478. The Hall–Kier alpha value is -2.37. The average Bonchev–Trinajstić information content (AvgIpc) is 2.80. The maximum Gasteiger partial charge on any atom is 0.150 e. The van der Waals surface area contributed by atoms with Crippen molar-refractivity contribution in [2.24, 2.45) is 17.8 Å². The number of likely N-dealkylation sites (tertiary alicyclic amines) is 1. The number of phenolic OH excluding ortho intramolecular Hbond substituents is 2. The van der Waals surface area contributed by atoms with Gasteiger partial charge in [-0.15, -0.1) is 0 Å². The maximum atomic E-state index is 13.3. The molecule has 0 amide bonds. The molecule has 34 heavy (non-hydrogen) atoms. The lowest BCUT2D eigenvalue weighted by molar-refractivity contribution is -0.122. The van der Waals surface area contributed by atoms with E-state index in [9.17, 15) is 15.0 Å². The number of nitrogens with zero attached hydrogens (tertiary/aromatic N) is 1. The zero-order valence-electron chi connectivity index (χ0n) is 21.1. The summed E-state index contributed by atoms with van der Waals surface area (Å²) in [5, 5.41) is 23.1. The summed E-state index contributed by atoms with van der Waals surface area (Å²) < 4.78 is 0. The minimum atomic E-state index is -0.146. The number of phenols is 2. The molecule has 0 aliphatic carbocycles. The summed E-state index contributed by atoms with van der Waals surface area (Å²) in [7, 11) is 0. The van der Waals surface area contributed by atoms with Crippen LogP contribution in [0.15, 0.2) is 42.5 Å². The van der Waals surface area contributed by atoms with Crippen molar-refractivity contribution in [1.29, 1.82) is 0 Å². The van der Waals surface area contributed by atoms with Crippen molar-refractivity contribution in [3.8, 4) is 11.5 Å². The number of fused-ring (bicyclic) bond motifs is 1. The third kappa shape index (κ3) is 5.31. The quantitative estimate of drug-likeness (QED) is 0.557. The number of carbonyl (C=O) groups is 1. The number of Topliss-reactive ketones (excluding diaryl/α,β-unsaturated/α-hetero) is 1. The zero-order chi connectivity index (χ0) is 24.5. The molecule has 0 radical (unpaired) electrons. The van der Waals surface area contributed by atoms with Crippen LogP contribution < -0.4 is 5.32 Å². The molecule has 2 heterocycles. The smallest absolute Gasteiger partial charge is 0.150 e. The minimum Gasteiger partial charge on any atom is -0.508 e. The van der Waals surface area contributed by atoms with Gasteiger partial charge in [-0.3, -0.25) is 4.79 Å². The number of ketones is 1. The second-order valence-corrected chi connectivity index (χ2v) is 11.1. The number of hydrogen-bond donors (Lipinski definition) is 3. The molecule has 4 atom stereocenters. The van der Waals surface area contributed by atoms with Gasteiger partial charge in [-0.25, -0.2) is 0 Å². The van der Waals surface area contributed by atoms with Crippen molar-refractivity contribution in [2.45, 2.75) is 65.0 Å². The van der Waals surface area contributed by atoms with Crippen LogP contribution in [0.1, 0.15) is 57.2 Å². The normalized spacial score (nSPS) is 26.3. The predicted octanol–water partition coefficient (Wildman–Crippen LogP) is 4.64. The lowest BCUT2D eigenvalue weighted by Gasteiger charge is -2.46. The first-order valence-electron chi connectivity index (χ1n) is 12.7. The van der Waals surface area contributed by atoms with Gasteiger partial charge in [-0.05, 0) is 83.5 Å². The highest BCUT2D eigenvalue weighted by atomic mass is 16.3. The van der Waals surface area contributed by atoms with Crippen molar-refractivity contribution in [2.75, 3.05) is 19.6 Å². The number of hydrogen-bond acceptors (Lipinski definition) is 5. The molecule has 1 unspecified atom stereocenters. The molecule has 2 aliphatic rings. The van der Waals surface area contributed by atoms with Crippen LogP contribution in [0.4, 0.5) is 0 Å². The Morgan fingerprint density at radius 2 is 1.91 bits per heavy atom. The molecule has 0 bridgehead atoms. The van der Waals surface area contributed by atoms with Gasteiger partial charge in [0, 0.05) is 26.1 Å². The summed E-state index contributed by atoms with van der Waals surface area (Å²) >= 11 is 0. The highest BCUT2D eigenvalue weighted by Gasteiger charge is 2.39. The van der Waals surface area contributed by atoms with Crippen LogP contribution >= 0.6 is 0 Å². The topological polar surface area (TPSA) is 72.8 Å². The number of benzene rings is 2. The van der Waals surface area contributed by atoms with Gasteiger partial charge in [-0.2, -0.15) is 0 Å². The van der Waals surface area contributed by atoms with E-state index < -0.39 is 0 Å². The highest BCUT2D eigenvalue weighted by Crippen LogP contribution is 2.40. The van der Waals surface area contributed by atoms with E-state index in [1.54, 1.807) is 18.2 Å². The molecule has 2 aromatic carbocycles. The standard InChI is InChI=1S/C29H40N2O3/c1-19(2)23(14-28(34)27-13-21-8-9-26(33)12-22(21)16-30-27)18-31-11-10-29(4,20(3)17-31)24-6-5-7-25(32)15-24/h5-9,12,15,19-20,23,27,30,32-33H,10-11,13-14,16-18H2,1-4H3/t20-,23+,27?,29+/m0/s1. The Kier molecular flexibility index (Phi) is 7.34. The van der Waals surface area contributed by atoms with E-state index in [4.69, 9.17) is 0 Å². The van der Waals surface area contributed by atoms with Crippen molar-refractivity contribution in [3.05, 3.63) is 59.2 Å². The van der Waals surface area contributed by atoms with E-state index in [1.807, 2.05) is 18.2 Å². The molecule has 184 valence electrons. The molecule has 1 fully saturated rings. The van der Waals surface area contributed by atoms with Crippen LogP contribution in [0.5, 0.6) is 11.5 Å². The largest absolute Gasteiger partial charge is 0.508 e. The molecular formula is C29H40N2O3. The fourth-order valence-electron chi connectivity index (χ4n) is 5.74. The van der Waals surface area contributed by atoms with Crippen LogP contribution in [-0.4, -0.2) is 46.6 Å². The van der Waals surface area contributed by atoms with Crippen LogP contribution in [-0.2, 0) is 23.2 Å². The molecule has 4 rings (SSSR count). The summed E-state index contributed by atoms with van der Waals surface area (Å²) in [6.07, 6.45) is 2.34. The van der Waals surface area contributed by atoms with E-state index in [1.165, 1.54) is 5.56 Å². The number of carbonyl (C=O) groups excluding carboxylic acids is 1. The van der Waals surface area contributed by atoms with Gasteiger partial charge in [0.05, 0.1) is 6.04 Å². The Balaban J connectivity index is 1.36. The van der Waals surface area contributed by atoms with Gasteiger partial charge in [0.25, 0.3) is 0 Å². The van der Waals surface area contributed by atoms with Crippen molar-refractivity contribution < 1.29 is 15.0 Å².